The Balaban J connectivity index is 1.88. The first-order chi connectivity index (χ1) is 9.66. The van der Waals surface area contributed by atoms with Gasteiger partial charge >= 0.3 is 0 Å². The molecule has 2 heteroatoms. The summed E-state index contributed by atoms with van der Waals surface area (Å²) in [6.45, 7) is 2.13. The Labute approximate surface area is 119 Å². The molecule has 0 spiro atoms. The normalized spacial score (nSPS) is 32.7. The molecule has 104 valence electrons. The van der Waals surface area contributed by atoms with E-state index in [1.807, 2.05) is 0 Å². The van der Waals surface area contributed by atoms with Crippen LogP contribution in [0.2, 0.25) is 0 Å². The first-order valence-corrected chi connectivity index (χ1v) is 7.52. The van der Waals surface area contributed by atoms with Gasteiger partial charge in [0.2, 0.25) is 0 Å². The molecule has 2 atom stereocenters. The first kappa shape index (κ1) is 12.4. The van der Waals surface area contributed by atoms with Gasteiger partial charge in [-0.15, -0.1) is 0 Å². The Morgan fingerprint density at radius 2 is 1.65 bits per heavy atom. The third-order valence-electron chi connectivity index (χ3n) is 4.97. The van der Waals surface area contributed by atoms with Crippen LogP contribution < -0.4 is 0 Å². The van der Waals surface area contributed by atoms with Crippen LogP contribution in [0.5, 0.6) is 0 Å². The monoisotopic (exact) mass is 268 g/mol. The third kappa shape index (κ3) is 1.79. The molecule has 1 N–H and O–H groups in total. The molecule has 20 heavy (non-hydrogen) atoms. The zero-order valence-electron chi connectivity index (χ0n) is 11.8. The molecule has 2 fully saturated rings. The van der Waals surface area contributed by atoms with Gasteiger partial charge in [-0.3, -0.25) is 0 Å². The third-order valence-corrected chi connectivity index (χ3v) is 4.97. The summed E-state index contributed by atoms with van der Waals surface area (Å²) < 4.78 is 5.89. The van der Waals surface area contributed by atoms with Crippen molar-refractivity contribution in [1.29, 1.82) is 0 Å². The molecule has 2 heterocycles. The van der Waals surface area contributed by atoms with Crippen molar-refractivity contribution in [1.82, 2.24) is 0 Å². The lowest BCUT2D eigenvalue weighted by molar-refractivity contribution is -0.114. The highest BCUT2D eigenvalue weighted by molar-refractivity contribution is 5.89. The lowest BCUT2D eigenvalue weighted by Crippen LogP contribution is -2.38. The van der Waals surface area contributed by atoms with Crippen molar-refractivity contribution < 1.29 is 9.84 Å². The molecule has 2 nitrogen and oxygen atoms in total. The van der Waals surface area contributed by atoms with E-state index in [1.165, 1.54) is 16.3 Å². The molecule has 0 amide bonds. The van der Waals surface area contributed by atoms with Gasteiger partial charge in [0.15, 0.2) is 0 Å². The van der Waals surface area contributed by atoms with Crippen LogP contribution >= 0.6 is 0 Å². The van der Waals surface area contributed by atoms with Crippen LogP contribution in [0.25, 0.3) is 10.8 Å². The van der Waals surface area contributed by atoms with Crippen molar-refractivity contribution in [2.45, 2.75) is 50.4 Å². The number of aliphatic hydroxyl groups is 1. The van der Waals surface area contributed by atoms with Crippen LogP contribution in [-0.4, -0.2) is 17.3 Å². The SMILES string of the molecule is Cc1ccc(C2(O)CC3CCC(C2)O3)c2ccccc12. The Kier molecular flexibility index (Phi) is 2.66. The maximum Gasteiger partial charge on any atom is 0.0951 e. The number of ether oxygens (including phenoxy) is 1. The van der Waals surface area contributed by atoms with Crippen molar-refractivity contribution in [2.75, 3.05) is 0 Å². The maximum absolute atomic E-state index is 11.2. The average molecular weight is 268 g/mol. The predicted molar refractivity (Wildman–Crippen MR) is 79.7 cm³/mol. The Bertz CT molecular complexity index is 650. The molecule has 2 aliphatic heterocycles. The van der Waals surface area contributed by atoms with Crippen LogP contribution in [0.1, 0.15) is 36.8 Å². The summed E-state index contributed by atoms with van der Waals surface area (Å²) in [6.07, 6.45) is 4.12. The van der Waals surface area contributed by atoms with Crippen LogP contribution in [0.4, 0.5) is 0 Å². The second kappa shape index (κ2) is 4.31. The number of fused-ring (bicyclic) bond motifs is 3. The second-order valence-corrected chi connectivity index (χ2v) is 6.37. The summed E-state index contributed by atoms with van der Waals surface area (Å²) in [5.41, 5.74) is 1.62. The molecule has 2 saturated heterocycles. The molecular weight excluding hydrogens is 248 g/mol. The number of hydrogen-bond acceptors (Lipinski definition) is 2. The highest BCUT2D eigenvalue weighted by atomic mass is 16.5. The molecule has 0 aromatic heterocycles. The van der Waals surface area contributed by atoms with Gasteiger partial charge in [-0.25, -0.2) is 0 Å². The fourth-order valence-corrected chi connectivity index (χ4v) is 3.99. The zero-order chi connectivity index (χ0) is 13.7. The van der Waals surface area contributed by atoms with E-state index >= 15 is 0 Å². The minimum Gasteiger partial charge on any atom is -0.385 e. The van der Waals surface area contributed by atoms with Crippen LogP contribution in [0.15, 0.2) is 36.4 Å². The molecule has 0 radical (unpaired) electrons. The van der Waals surface area contributed by atoms with E-state index in [1.54, 1.807) is 0 Å². The molecule has 2 aromatic carbocycles. The molecule has 2 unspecified atom stereocenters. The van der Waals surface area contributed by atoms with Gasteiger partial charge < -0.3 is 9.84 Å². The van der Waals surface area contributed by atoms with Gasteiger partial charge in [-0.05, 0) is 41.7 Å². The van der Waals surface area contributed by atoms with Crippen molar-refractivity contribution in [2.24, 2.45) is 0 Å². The highest BCUT2D eigenvalue weighted by Gasteiger charge is 2.45. The maximum atomic E-state index is 11.2. The summed E-state index contributed by atoms with van der Waals surface area (Å²) in [5.74, 6) is 0. The summed E-state index contributed by atoms with van der Waals surface area (Å²) in [6, 6.07) is 12.6. The minimum absolute atomic E-state index is 0.235. The van der Waals surface area contributed by atoms with E-state index < -0.39 is 5.60 Å². The average Bonchev–Trinajstić information content (AvgIpc) is 2.79. The van der Waals surface area contributed by atoms with Crippen molar-refractivity contribution >= 4 is 10.8 Å². The first-order valence-electron chi connectivity index (χ1n) is 7.52. The minimum atomic E-state index is -0.725. The summed E-state index contributed by atoms with van der Waals surface area (Å²) in [7, 11) is 0. The van der Waals surface area contributed by atoms with Gasteiger partial charge in [-0.1, -0.05) is 36.4 Å². The number of benzene rings is 2. The largest absolute Gasteiger partial charge is 0.385 e. The van der Waals surface area contributed by atoms with Crippen molar-refractivity contribution in [3.8, 4) is 0 Å². The predicted octanol–water partition coefficient (Wildman–Crippen LogP) is 3.68. The van der Waals surface area contributed by atoms with E-state index in [0.29, 0.717) is 0 Å². The van der Waals surface area contributed by atoms with Gasteiger partial charge in [0.1, 0.15) is 0 Å². The standard InChI is InChI=1S/C18H20O2/c1-12-6-9-17(16-5-3-2-4-15(12)16)18(19)10-13-7-8-14(11-18)20-13/h2-6,9,13-14,19H,7-8,10-11H2,1H3. The molecule has 2 aromatic rings. The van der Waals surface area contributed by atoms with Crippen LogP contribution in [0.3, 0.4) is 0 Å². The van der Waals surface area contributed by atoms with Gasteiger partial charge in [0.25, 0.3) is 0 Å². The van der Waals surface area contributed by atoms with Crippen LogP contribution in [0, 0.1) is 6.92 Å². The van der Waals surface area contributed by atoms with Gasteiger partial charge in [-0.2, -0.15) is 0 Å². The fourth-order valence-electron chi connectivity index (χ4n) is 3.99. The Hall–Kier alpha value is -1.38. The lowest BCUT2D eigenvalue weighted by Gasteiger charge is -2.37. The second-order valence-electron chi connectivity index (χ2n) is 6.37. The Morgan fingerprint density at radius 1 is 1.00 bits per heavy atom. The summed E-state index contributed by atoms with van der Waals surface area (Å²) >= 11 is 0. The Morgan fingerprint density at radius 3 is 2.35 bits per heavy atom. The summed E-state index contributed by atoms with van der Waals surface area (Å²) in [4.78, 5) is 0. The fraction of sp³-hybridized carbons (Fsp3) is 0.444. The molecule has 2 bridgehead atoms. The molecular formula is C18H20O2. The van der Waals surface area contributed by atoms with Gasteiger partial charge in [0.05, 0.1) is 17.8 Å². The van der Waals surface area contributed by atoms with E-state index in [2.05, 4.69) is 43.3 Å². The molecule has 2 aliphatic rings. The smallest absolute Gasteiger partial charge is 0.0951 e. The topological polar surface area (TPSA) is 29.5 Å². The number of hydrogen-bond donors (Lipinski definition) is 1. The number of aryl methyl sites for hydroxylation is 1. The van der Waals surface area contributed by atoms with Crippen molar-refractivity contribution in [3.05, 3.63) is 47.5 Å². The lowest BCUT2D eigenvalue weighted by atomic mass is 9.80. The molecule has 0 saturated carbocycles. The zero-order valence-corrected chi connectivity index (χ0v) is 11.8. The van der Waals surface area contributed by atoms with Crippen LogP contribution in [-0.2, 0) is 10.3 Å². The molecule has 4 rings (SSSR count). The van der Waals surface area contributed by atoms with E-state index in [0.717, 1.165) is 31.2 Å². The van der Waals surface area contributed by atoms with Crippen molar-refractivity contribution in [3.63, 3.8) is 0 Å². The van der Waals surface area contributed by atoms with Gasteiger partial charge in [0, 0.05) is 12.8 Å². The quantitative estimate of drug-likeness (QED) is 0.855. The molecule has 0 aliphatic carbocycles. The van der Waals surface area contributed by atoms with E-state index in [-0.39, 0.29) is 12.2 Å². The van der Waals surface area contributed by atoms with E-state index in [4.69, 9.17) is 4.74 Å². The highest BCUT2D eigenvalue weighted by Crippen LogP contribution is 2.45. The number of rotatable bonds is 1. The summed E-state index contributed by atoms with van der Waals surface area (Å²) in [5, 5.41) is 13.7. The van der Waals surface area contributed by atoms with E-state index in [9.17, 15) is 5.11 Å².